The number of nitrogens with zero attached hydrogens (tertiary/aromatic N) is 2. The van der Waals surface area contributed by atoms with Crippen LogP contribution in [0.15, 0.2) is 65.6 Å². The van der Waals surface area contributed by atoms with Gasteiger partial charge in [0.2, 0.25) is 22.7 Å². The molecule has 0 spiro atoms. The molecule has 2 aliphatic rings. The number of benzene rings is 3. The highest BCUT2D eigenvalue weighted by Crippen LogP contribution is 2.37. The minimum Gasteiger partial charge on any atom is -0.454 e. The zero-order valence-corrected chi connectivity index (χ0v) is 22.9. The maximum atomic E-state index is 14.0. The molecule has 1 atom stereocenters. The molecule has 2 heterocycles. The first-order valence-electron chi connectivity index (χ1n) is 11.9. The van der Waals surface area contributed by atoms with Gasteiger partial charge in [0, 0.05) is 11.6 Å². The fraction of sp³-hybridized carbons (Fsp3) is 0.259. The fourth-order valence-electron chi connectivity index (χ4n) is 4.50. The highest BCUT2D eigenvalue weighted by atomic mass is 35.5. The number of sulfonamides is 1. The molecule has 1 unspecified atom stereocenters. The summed E-state index contributed by atoms with van der Waals surface area (Å²) in [5.74, 6) is 0.118. The molecule has 1 fully saturated rings. The molecule has 0 bridgehead atoms. The van der Waals surface area contributed by atoms with Crippen LogP contribution in [0.1, 0.15) is 37.3 Å². The number of hydrogen-bond donors (Lipinski definition) is 0. The molecule has 0 aliphatic carbocycles. The van der Waals surface area contributed by atoms with E-state index in [4.69, 9.17) is 32.7 Å². The molecule has 0 saturated carbocycles. The van der Waals surface area contributed by atoms with E-state index < -0.39 is 27.9 Å². The summed E-state index contributed by atoms with van der Waals surface area (Å²) in [6, 6.07) is 14.9. The Morgan fingerprint density at radius 3 is 2.39 bits per heavy atom. The van der Waals surface area contributed by atoms with Crippen LogP contribution in [0.3, 0.4) is 0 Å². The highest BCUT2D eigenvalue weighted by Gasteiger charge is 2.47. The van der Waals surface area contributed by atoms with Crippen molar-refractivity contribution >= 4 is 50.7 Å². The van der Waals surface area contributed by atoms with Crippen molar-refractivity contribution in [3.63, 3.8) is 0 Å². The Hall–Kier alpha value is -3.11. The summed E-state index contributed by atoms with van der Waals surface area (Å²) in [5, 5.41) is 0.111. The Labute approximate surface area is 230 Å². The van der Waals surface area contributed by atoms with Crippen LogP contribution in [0.5, 0.6) is 11.5 Å². The van der Waals surface area contributed by atoms with Crippen LogP contribution in [0.4, 0.5) is 5.69 Å². The number of ether oxygens (including phenoxy) is 2. The summed E-state index contributed by atoms with van der Waals surface area (Å²) >= 11 is 12.4. The van der Waals surface area contributed by atoms with Crippen molar-refractivity contribution in [2.75, 3.05) is 11.7 Å². The zero-order valence-electron chi connectivity index (χ0n) is 20.6. The first kappa shape index (κ1) is 26.5. The monoisotopic (exact) mass is 574 g/mol. The molecule has 2 amide bonds. The van der Waals surface area contributed by atoms with Gasteiger partial charge in [0.05, 0.1) is 17.1 Å². The molecule has 198 valence electrons. The Balaban J connectivity index is 1.55. The lowest BCUT2D eigenvalue weighted by Crippen LogP contribution is -2.45. The van der Waals surface area contributed by atoms with E-state index in [1.165, 1.54) is 18.2 Å². The van der Waals surface area contributed by atoms with E-state index in [2.05, 4.69) is 0 Å². The van der Waals surface area contributed by atoms with Gasteiger partial charge in [-0.2, -0.15) is 4.31 Å². The molecule has 0 radical (unpaired) electrons. The van der Waals surface area contributed by atoms with Gasteiger partial charge in [0.1, 0.15) is 10.9 Å². The summed E-state index contributed by atoms with van der Waals surface area (Å²) < 4.78 is 39.8. The van der Waals surface area contributed by atoms with Crippen LogP contribution in [-0.4, -0.2) is 37.4 Å². The van der Waals surface area contributed by atoms with Crippen molar-refractivity contribution in [3.05, 3.63) is 81.8 Å². The van der Waals surface area contributed by atoms with Crippen molar-refractivity contribution in [1.82, 2.24) is 4.31 Å². The number of anilines is 1. The van der Waals surface area contributed by atoms with E-state index in [1.807, 2.05) is 26.0 Å². The van der Waals surface area contributed by atoms with Crippen molar-refractivity contribution in [2.45, 2.75) is 43.7 Å². The standard InChI is InChI=1S/C27H24Cl2N2O6S/c1-16(2)18-4-7-20(8-5-18)31-26(32)13-22(27(31)33)30(14-17-3-10-23-24(11-17)37-15-36-23)38(34,35)25-12-19(28)6-9-21(25)29/h3-12,16,22H,13-15H2,1-2H3. The van der Waals surface area contributed by atoms with Crippen molar-refractivity contribution in [2.24, 2.45) is 0 Å². The summed E-state index contributed by atoms with van der Waals surface area (Å²) in [7, 11) is -4.38. The molecule has 3 aromatic rings. The lowest BCUT2D eigenvalue weighted by Gasteiger charge is -2.27. The molecule has 11 heteroatoms. The molecule has 8 nitrogen and oxygen atoms in total. The highest BCUT2D eigenvalue weighted by molar-refractivity contribution is 7.89. The normalized spacial score (nSPS) is 17.2. The van der Waals surface area contributed by atoms with Gasteiger partial charge >= 0.3 is 0 Å². The average molecular weight is 575 g/mol. The number of halogens is 2. The van der Waals surface area contributed by atoms with Crippen LogP contribution in [0, 0.1) is 0 Å². The van der Waals surface area contributed by atoms with Gasteiger partial charge < -0.3 is 9.47 Å². The summed E-state index contributed by atoms with van der Waals surface area (Å²) in [6.45, 7) is 3.92. The third kappa shape index (κ3) is 4.87. The summed E-state index contributed by atoms with van der Waals surface area (Å²) in [6.07, 6.45) is -0.327. The van der Waals surface area contributed by atoms with Gasteiger partial charge in [-0.25, -0.2) is 13.3 Å². The van der Waals surface area contributed by atoms with Crippen LogP contribution in [-0.2, 0) is 26.2 Å². The minimum absolute atomic E-state index is 0.0528. The first-order valence-corrected chi connectivity index (χ1v) is 14.1. The topological polar surface area (TPSA) is 93.2 Å². The molecular formula is C27H24Cl2N2O6S. The third-order valence-electron chi connectivity index (χ3n) is 6.54. The van der Waals surface area contributed by atoms with E-state index >= 15 is 0 Å². The van der Waals surface area contributed by atoms with Crippen LogP contribution < -0.4 is 14.4 Å². The lowest BCUT2D eigenvalue weighted by atomic mass is 10.0. The van der Waals surface area contributed by atoms with Gasteiger partial charge in [-0.1, -0.05) is 55.2 Å². The molecule has 0 aromatic heterocycles. The van der Waals surface area contributed by atoms with E-state index in [-0.39, 0.29) is 40.6 Å². The van der Waals surface area contributed by atoms with E-state index in [1.54, 1.807) is 30.3 Å². The minimum atomic E-state index is -4.38. The van der Waals surface area contributed by atoms with Gasteiger partial charge in [-0.15, -0.1) is 0 Å². The summed E-state index contributed by atoms with van der Waals surface area (Å²) in [4.78, 5) is 27.6. The van der Waals surface area contributed by atoms with Crippen LogP contribution in [0.2, 0.25) is 10.0 Å². The van der Waals surface area contributed by atoms with Crippen molar-refractivity contribution < 1.29 is 27.5 Å². The van der Waals surface area contributed by atoms with Crippen molar-refractivity contribution in [3.8, 4) is 11.5 Å². The molecule has 38 heavy (non-hydrogen) atoms. The average Bonchev–Trinajstić information content (AvgIpc) is 3.47. The molecule has 3 aromatic carbocycles. The Morgan fingerprint density at radius 2 is 1.68 bits per heavy atom. The van der Waals surface area contributed by atoms with E-state index in [9.17, 15) is 18.0 Å². The van der Waals surface area contributed by atoms with Crippen LogP contribution in [0.25, 0.3) is 0 Å². The van der Waals surface area contributed by atoms with Gasteiger partial charge in [-0.05, 0) is 59.5 Å². The number of amides is 2. The first-order chi connectivity index (χ1) is 18.1. The quantitative estimate of drug-likeness (QED) is 0.352. The second-order valence-corrected chi connectivity index (χ2v) is 12.0. The van der Waals surface area contributed by atoms with Crippen molar-refractivity contribution in [1.29, 1.82) is 0 Å². The Bertz CT molecular complexity index is 1530. The molecule has 2 aliphatic heterocycles. The number of hydrogen-bond acceptors (Lipinski definition) is 6. The predicted octanol–water partition coefficient (Wildman–Crippen LogP) is 5.37. The van der Waals surface area contributed by atoms with Gasteiger partial charge in [0.25, 0.3) is 5.91 Å². The molecular weight excluding hydrogens is 551 g/mol. The lowest BCUT2D eigenvalue weighted by molar-refractivity contribution is -0.122. The Morgan fingerprint density at radius 1 is 0.974 bits per heavy atom. The number of rotatable bonds is 7. The van der Waals surface area contributed by atoms with Crippen LogP contribution >= 0.6 is 23.2 Å². The van der Waals surface area contributed by atoms with Gasteiger partial charge in [0.15, 0.2) is 11.5 Å². The second kappa shape index (κ2) is 10.2. The summed E-state index contributed by atoms with van der Waals surface area (Å²) in [5.41, 5.74) is 1.97. The number of fused-ring (bicyclic) bond motifs is 1. The largest absolute Gasteiger partial charge is 0.454 e. The number of imide groups is 1. The predicted molar refractivity (Wildman–Crippen MR) is 143 cm³/mol. The fourth-order valence-corrected chi connectivity index (χ4v) is 6.81. The molecule has 1 saturated heterocycles. The molecule has 0 N–H and O–H groups in total. The zero-order chi connectivity index (χ0) is 27.2. The number of carbonyl (C=O) groups excluding carboxylic acids is 2. The van der Waals surface area contributed by atoms with Gasteiger partial charge in [-0.3, -0.25) is 9.59 Å². The Kier molecular flexibility index (Phi) is 7.13. The number of carbonyl (C=O) groups is 2. The smallest absolute Gasteiger partial charge is 0.252 e. The second-order valence-electron chi connectivity index (χ2n) is 9.35. The maximum Gasteiger partial charge on any atom is 0.252 e. The SMILES string of the molecule is CC(C)c1ccc(N2C(=O)CC(N(Cc3ccc4c(c3)OCO4)S(=O)(=O)c3cc(Cl)ccc3Cl)C2=O)cc1. The third-order valence-corrected chi connectivity index (χ3v) is 9.12. The molecule has 5 rings (SSSR count). The van der Waals surface area contributed by atoms with E-state index in [0.29, 0.717) is 22.7 Å². The maximum absolute atomic E-state index is 14.0. The van der Waals surface area contributed by atoms with E-state index in [0.717, 1.165) is 14.8 Å².